The SMILES string of the molecule is Cc1ccc(C(=O)O)cc1.Cc1ccc(C(=O)OC[C@@H]2C[C@H](C)C(OF)O2)cc1. The highest BCUT2D eigenvalue weighted by Crippen LogP contribution is 2.27. The predicted octanol–water partition coefficient (Wildman–Crippen LogP) is 4.50. The maximum absolute atomic E-state index is 12.1. The zero-order chi connectivity index (χ0) is 21.4. The molecule has 156 valence electrons. The molecule has 1 N–H and O–H groups in total. The topological polar surface area (TPSA) is 82.1 Å². The van der Waals surface area contributed by atoms with Crippen molar-refractivity contribution in [2.24, 2.45) is 5.92 Å². The maximum Gasteiger partial charge on any atom is 0.338 e. The summed E-state index contributed by atoms with van der Waals surface area (Å²) in [4.78, 5) is 25.8. The molecule has 0 radical (unpaired) electrons. The lowest BCUT2D eigenvalue weighted by Crippen LogP contribution is -2.20. The number of halogens is 1. The van der Waals surface area contributed by atoms with E-state index in [-0.39, 0.29) is 18.6 Å². The van der Waals surface area contributed by atoms with E-state index in [1.807, 2.05) is 32.9 Å². The van der Waals surface area contributed by atoms with Crippen LogP contribution in [0.25, 0.3) is 0 Å². The Bertz CT molecular complexity index is 803. The van der Waals surface area contributed by atoms with E-state index in [9.17, 15) is 14.1 Å². The summed E-state index contributed by atoms with van der Waals surface area (Å²) in [6.07, 6.45) is -0.566. The van der Waals surface area contributed by atoms with Crippen LogP contribution < -0.4 is 0 Å². The van der Waals surface area contributed by atoms with Crippen molar-refractivity contribution in [1.82, 2.24) is 0 Å². The first-order valence-electron chi connectivity index (χ1n) is 9.26. The monoisotopic (exact) mass is 404 g/mol. The highest BCUT2D eigenvalue weighted by molar-refractivity contribution is 5.89. The Labute approximate surface area is 169 Å². The first-order chi connectivity index (χ1) is 13.8. The number of hydrogen-bond donors (Lipinski definition) is 1. The standard InChI is InChI=1S/C14H17FO4.C8H8O2/c1-9-3-5-11(6-4-9)13(16)17-8-12-7-10(2)14(18-12)19-15;1-6-2-4-7(5-3-6)8(9)10/h3-6,10,12,14H,7-8H2,1-2H3;2-5H,1H3,(H,9,10)/t10-,12-,14?;/m0./s1. The van der Waals surface area contributed by atoms with Gasteiger partial charge in [-0.2, -0.15) is 4.94 Å². The normalized spacial score (nSPS) is 20.5. The van der Waals surface area contributed by atoms with Gasteiger partial charge in [-0.15, -0.1) is 0 Å². The minimum atomic E-state index is -0.875. The molecule has 3 atom stereocenters. The van der Waals surface area contributed by atoms with Gasteiger partial charge in [0.15, 0.2) is 6.29 Å². The van der Waals surface area contributed by atoms with Gasteiger partial charge in [0.2, 0.25) is 0 Å². The molecule has 6 nitrogen and oxygen atoms in total. The number of aryl methyl sites for hydroxylation is 2. The lowest BCUT2D eigenvalue weighted by atomic mass is 10.1. The second-order valence-corrected chi connectivity index (χ2v) is 7.06. The number of esters is 1. The summed E-state index contributed by atoms with van der Waals surface area (Å²) in [5, 5.41) is 8.48. The largest absolute Gasteiger partial charge is 0.478 e. The molecule has 1 saturated heterocycles. The van der Waals surface area contributed by atoms with E-state index in [1.165, 1.54) is 0 Å². The number of aromatic carboxylic acids is 1. The number of carbonyl (C=O) groups is 2. The number of hydrogen-bond acceptors (Lipinski definition) is 5. The van der Waals surface area contributed by atoms with Crippen LogP contribution in [-0.4, -0.2) is 36.0 Å². The molecule has 0 bridgehead atoms. The van der Waals surface area contributed by atoms with Gasteiger partial charge in [0, 0.05) is 5.92 Å². The van der Waals surface area contributed by atoms with Crippen molar-refractivity contribution >= 4 is 11.9 Å². The van der Waals surface area contributed by atoms with E-state index in [4.69, 9.17) is 14.6 Å². The molecule has 1 fully saturated rings. The van der Waals surface area contributed by atoms with Crippen molar-refractivity contribution < 1.29 is 33.6 Å². The van der Waals surface area contributed by atoms with Crippen molar-refractivity contribution in [3.63, 3.8) is 0 Å². The van der Waals surface area contributed by atoms with Crippen LogP contribution in [0.4, 0.5) is 4.53 Å². The van der Waals surface area contributed by atoms with Crippen molar-refractivity contribution in [3.8, 4) is 0 Å². The van der Waals surface area contributed by atoms with Crippen LogP contribution in [0.15, 0.2) is 48.5 Å². The van der Waals surface area contributed by atoms with E-state index >= 15 is 0 Å². The van der Waals surface area contributed by atoms with E-state index in [0.29, 0.717) is 17.5 Å². The molecule has 0 spiro atoms. The minimum absolute atomic E-state index is 0.0481. The molecule has 7 heteroatoms. The van der Waals surface area contributed by atoms with Gasteiger partial charge in [-0.25, -0.2) is 9.59 Å². The number of carboxylic acid groups (broad SMARTS) is 1. The molecule has 1 heterocycles. The third kappa shape index (κ3) is 6.96. The summed E-state index contributed by atoms with van der Waals surface area (Å²) in [5.74, 6) is -1.33. The summed E-state index contributed by atoms with van der Waals surface area (Å²) < 4.78 is 22.5. The minimum Gasteiger partial charge on any atom is -0.478 e. The molecule has 2 aromatic carbocycles. The summed E-state index contributed by atoms with van der Waals surface area (Å²) in [7, 11) is 0. The van der Waals surface area contributed by atoms with E-state index < -0.39 is 18.2 Å². The van der Waals surface area contributed by atoms with Crippen LogP contribution in [-0.2, 0) is 14.4 Å². The first-order valence-corrected chi connectivity index (χ1v) is 9.26. The average molecular weight is 404 g/mol. The summed E-state index contributed by atoms with van der Waals surface area (Å²) in [6.45, 7) is 5.80. The van der Waals surface area contributed by atoms with E-state index in [1.54, 1.807) is 36.4 Å². The predicted molar refractivity (Wildman–Crippen MR) is 104 cm³/mol. The van der Waals surface area contributed by atoms with Crippen LogP contribution >= 0.6 is 0 Å². The van der Waals surface area contributed by atoms with Gasteiger partial charge >= 0.3 is 11.9 Å². The Morgan fingerprint density at radius 3 is 2.00 bits per heavy atom. The van der Waals surface area contributed by atoms with Gasteiger partial charge < -0.3 is 14.6 Å². The van der Waals surface area contributed by atoms with Gasteiger partial charge in [0.25, 0.3) is 0 Å². The van der Waals surface area contributed by atoms with Crippen molar-refractivity contribution in [1.29, 1.82) is 0 Å². The molecule has 29 heavy (non-hydrogen) atoms. The Hall–Kier alpha value is -2.77. The molecule has 0 saturated carbocycles. The molecule has 1 aliphatic rings. The third-order valence-electron chi connectivity index (χ3n) is 4.50. The maximum atomic E-state index is 12.1. The van der Waals surface area contributed by atoms with Crippen molar-refractivity contribution in [2.45, 2.75) is 39.6 Å². The molecule has 3 rings (SSSR count). The molecule has 0 aromatic heterocycles. The average Bonchev–Trinajstić information content (AvgIpc) is 3.07. The highest BCUT2D eigenvalue weighted by atomic mass is 19.3. The van der Waals surface area contributed by atoms with Crippen LogP contribution in [0, 0.1) is 19.8 Å². The van der Waals surface area contributed by atoms with Gasteiger partial charge in [-0.1, -0.05) is 42.3 Å². The summed E-state index contributed by atoms with van der Waals surface area (Å²) in [6, 6.07) is 13.9. The number of rotatable bonds is 5. The van der Waals surface area contributed by atoms with Gasteiger partial charge in [-0.05, 0) is 49.1 Å². The number of carbonyl (C=O) groups excluding carboxylic acids is 1. The first kappa shape index (κ1) is 22.5. The van der Waals surface area contributed by atoms with Crippen LogP contribution in [0.1, 0.15) is 45.2 Å². The van der Waals surface area contributed by atoms with Gasteiger partial charge in [-0.3, -0.25) is 0 Å². The quantitative estimate of drug-likeness (QED) is 0.739. The zero-order valence-electron chi connectivity index (χ0n) is 16.6. The second-order valence-electron chi connectivity index (χ2n) is 7.06. The van der Waals surface area contributed by atoms with Crippen LogP contribution in [0.2, 0.25) is 0 Å². The fraction of sp³-hybridized carbons (Fsp3) is 0.364. The molecule has 2 aromatic rings. The fourth-order valence-corrected chi connectivity index (χ4v) is 2.76. The molecular weight excluding hydrogens is 379 g/mol. The molecule has 0 amide bonds. The van der Waals surface area contributed by atoms with Gasteiger partial charge in [0.05, 0.1) is 17.2 Å². The highest BCUT2D eigenvalue weighted by Gasteiger charge is 2.34. The Kier molecular flexibility index (Phi) is 8.30. The molecular formula is C22H25FO6. The zero-order valence-corrected chi connectivity index (χ0v) is 16.6. The molecule has 1 aliphatic heterocycles. The lowest BCUT2D eigenvalue weighted by Gasteiger charge is -2.11. The van der Waals surface area contributed by atoms with Crippen LogP contribution in [0.3, 0.4) is 0 Å². The molecule has 0 aliphatic carbocycles. The number of ether oxygens (including phenoxy) is 2. The van der Waals surface area contributed by atoms with E-state index in [0.717, 1.165) is 11.1 Å². The summed E-state index contributed by atoms with van der Waals surface area (Å²) in [5.41, 5.74) is 2.98. The summed E-state index contributed by atoms with van der Waals surface area (Å²) >= 11 is 0. The van der Waals surface area contributed by atoms with Crippen molar-refractivity contribution in [3.05, 3.63) is 70.8 Å². The fourth-order valence-electron chi connectivity index (χ4n) is 2.76. The third-order valence-corrected chi connectivity index (χ3v) is 4.50. The Balaban J connectivity index is 0.000000253. The smallest absolute Gasteiger partial charge is 0.338 e. The number of carboxylic acids is 1. The Morgan fingerprint density at radius 2 is 1.55 bits per heavy atom. The Morgan fingerprint density at radius 1 is 1.03 bits per heavy atom. The van der Waals surface area contributed by atoms with Crippen LogP contribution in [0.5, 0.6) is 0 Å². The second kappa shape index (κ2) is 10.7. The van der Waals surface area contributed by atoms with Crippen molar-refractivity contribution in [2.75, 3.05) is 6.61 Å². The van der Waals surface area contributed by atoms with Gasteiger partial charge in [0.1, 0.15) is 6.61 Å². The molecule has 1 unspecified atom stereocenters. The number of benzene rings is 2. The van der Waals surface area contributed by atoms with E-state index in [2.05, 4.69) is 4.94 Å². The lowest BCUT2D eigenvalue weighted by molar-refractivity contribution is -0.278.